The van der Waals surface area contributed by atoms with Crippen LogP contribution >= 0.6 is 0 Å². The molecule has 7 heteroatoms. The topological polar surface area (TPSA) is 93.3 Å². The first-order valence-corrected chi connectivity index (χ1v) is 5.39. The largest absolute Gasteiger partial charge is 0.467 e. The highest BCUT2D eigenvalue weighted by atomic mass is 16.6. The monoisotopic (exact) mass is 255 g/mol. The molecule has 18 heavy (non-hydrogen) atoms. The number of carbonyl (C=O) groups is 2. The Labute approximate surface area is 105 Å². The van der Waals surface area contributed by atoms with E-state index in [1.165, 1.54) is 19.6 Å². The lowest BCUT2D eigenvalue weighted by molar-refractivity contribution is -0.143. The molecule has 0 aliphatic heterocycles. The van der Waals surface area contributed by atoms with Gasteiger partial charge >= 0.3 is 12.1 Å². The van der Waals surface area contributed by atoms with Crippen molar-refractivity contribution >= 4 is 12.1 Å². The summed E-state index contributed by atoms with van der Waals surface area (Å²) in [6.45, 7) is 5.20. The Morgan fingerprint density at radius 2 is 2.11 bits per heavy atom. The summed E-state index contributed by atoms with van der Waals surface area (Å²) in [5.74, 6) is -0.606. The van der Waals surface area contributed by atoms with Gasteiger partial charge < -0.3 is 19.8 Å². The number of carbonyl (C=O) groups excluding carboxylic acids is 2. The molecule has 100 valence electrons. The molecule has 1 aromatic rings. The minimum atomic E-state index is -0.965. The van der Waals surface area contributed by atoms with Crippen LogP contribution < -0.4 is 5.32 Å². The predicted molar refractivity (Wildman–Crippen MR) is 62.7 cm³/mol. The number of esters is 1. The Morgan fingerprint density at radius 3 is 2.56 bits per heavy atom. The second kappa shape index (κ2) is 5.52. The maximum atomic E-state index is 11.6. The molecule has 0 unspecified atom stereocenters. The van der Waals surface area contributed by atoms with Crippen LogP contribution in [0, 0.1) is 0 Å². The Balaban J connectivity index is 2.75. The van der Waals surface area contributed by atoms with Crippen LogP contribution in [-0.4, -0.2) is 34.7 Å². The van der Waals surface area contributed by atoms with Crippen LogP contribution in [0.5, 0.6) is 0 Å². The zero-order chi connectivity index (χ0) is 13.8. The van der Waals surface area contributed by atoms with Gasteiger partial charge in [0.05, 0.1) is 25.3 Å². The molecule has 0 saturated carbocycles. The van der Waals surface area contributed by atoms with Gasteiger partial charge in [0, 0.05) is 0 Å². The van der Waals surface area contributed by atoms with E-state index in [2.05, 4.69) is 20.0 Å². The molecule has 1 atom stereocenters. The maximum Gasteiger partial charge on any atom is 0.408 e. The fourth-order valence-electron chi connectivity index (χ4n) is 1.23. The normalized spacial score (nSPS) is 12.7. The van der Waals surface area contributed by atoms with E-state index >= 15 is 0 Å². The quantitative estimate of drug-likeness (QED) is 0.790. The molecule has 0 aliphatic rings. The van der Waals surface area contributed by atoms with Crippen LogP contribution in [0.1, 0.15) is 32.5 Å². The molecule has 0 fully saturated rings. The molecule has 7 nitrogen and oxygen atoms in total. The van der Waals surface area contributed by atoms with Crippen molar-refractivity contribution in [2.75, 3.05) is 7.11 Å². The van der Waals surface area contributed by atoms with E-state index in [9.17, 15) is 9.59 Å². The van der Waals surface area contributed by atoms with Crippen LogP contribution in [0.15, 0.2) is 12.5 Å². The molecular weight excluding hydrogens is 238 g/mol. The third-order valence-corrected chi connectivity index (χ3v) is 1.93. The van der Waals surface area contributed by atoms with Gasteiger partial charge in [0.2, 0.25) is 0 Å². The van der Waals surface area contributed by atoms with E-state index < -0.39 is 23.7 Å². The molecule has 2 N–H and O–H groups in total. The summed E-state index contributed by atoms with van der Waals surface area (Å²) in [6.07, 6.45) is 2.13. The molecule has 0 saturated heterocycles. The Kier molecular flexibility index (Phi) is 4.30. The number of amides is 1. The smallest absolute Gasteiger partial charge is 0.408 e. The van der Waals surface area contributed by atoms with Crippen molar-refractivity contribution in [3.05, 3.63) is 18.2 Å². The zero-order valence-electron chi connectivity index (χ0n) is 10.8. The SMILES string of the molecule is COC(=O)[C@H](NC(=O)OC(C)(C)C)c1cnc[nH]1. The number of alkyl carbamates (subject to hydrolysis) is 1. The average Bonchev–Trinajstić information content (AvgIpc) is 2.75. The van der Waals surface area contributed by atoms with Gasteiger partial charge in [0.15, 0.2) is 6.04 Å². The number of ether oxygens (including phenoxy) is 2. The number of aromatic amines is 1. The van der Waals surface area contributed by atoms with Crippen LogP contribution in [-0.2, 0) is 14.3 Å². The Hall–Kier alpha value is -2.05. The van der Waals surface area contributed by atoms with Crippen LogP contribution in [0.25, 0.3) is 0 Å². The summed E-state index contributed by atoms with van der Waals surface area (Å²) in [7, 11) is 1.24. The van der Waals surface area contributed by atoms with Crippen molar-refractivity contribution in [2.24, 2.45) is 0 Å². The molecule has 1 heterocycles. The number of rotatable bonds is 3. The molecular formula is C11H17N3O4. The molecule has 0 aromatic carbocycles. The summed E-state index contributed by atoms with van der Waals surface area (Å²) in [5, 5.41) is 2.42. The third-order valence-electron chi connectivity index (χ3n) is 1.93. The molecule has 1 aromatic heterocycles. The predicted octanol–water partition coefficient (Wildman–Crippen LogP) is 1.15. The van der Waals surface area contributed by atoms with Gasteiger partial charge in [-0.05, 0) is 20.8 Å². The Bertz CT molecular complexity index is 408. The minimum Gasteiger partial charge on any atom is -0.467 e. The van der Waals surface area contributed by atoms with Gasteiger partial charge in [-0.25, -0.2) is 14.6 Å². The number of imidazole rings is 1. The van der Waals surface area contributed by atoms with E-state index in [1.54, 1.807) is 20.8 Å². The summed E-state index contributed by atoms with van der Waals surface area (Å²) in [6, 6.07) is -0.965. The van der Waals surface area contributed by atoms with E-state index in [4.69, 9.17) is 4.74 Å². The molecule has 0 radical (unpaired) electrons. The first-order chi connectivity index (χ1) is 8.33. The van der Waals surface area contributed by atoms with E-state index in [1.807, 2.05) is 0 Å². The van der Waals surface area contributed by atoms with Crippen molar-refractivity contribution < 1.29 is 19.1 Å². The lowest BCUT2D eigenvalue weighted by Crippen LogP contribution is -2.38. The number of methoxy groups -OCH3 is 1. The van der Waals surface area contributed by atoms with Gasteiger partial charge in [0.1, 0.15) is 5.60 Å². The fourth-order valence-corrected chi connectivity index (χ4v) is 1.23. The highest BCUT2D eigenvalue weighted by molar-refractivity contribution is 5.82. The van der Waals surface area contributed by atoms with Crippen molar-refractivity contribution in [3.8, 4) is 0 Å². The second-order valence-electron chi connectivity index (χ2n) is 4.61. The summed E-state index contributed by atoms with van der Waals surface area (Å²) < 4.78 is 9.68. The lowest BCUT2D eigenvalue weighted by atomic mass is 10.2. The van der Waals surface area contributed by atoms with Crippen molar-refractivity contribution in [1.29, 1.82) is 0 Å². The number of hydrogen-bond donors (Lipinski definition) is 2. The number of nitrogens with one attached hydrogen (secondary N) is 2. The van der Waals surface area contributed by atoms with Gasteiger partial charge in [0.25, 0.3) is 0 Å². The zero-order valence-corrected chi connectivity index (χ0v) is 10.8. The number of nitrogens with zero attached hydrogens (tertiary/aromatic N) is 1. The summed E-state index contributed by atoms with van der Waals surface area (Å²) in [4.78, 5) is 29.7. The molecule has 1 rings (SSSR count). The van der Waals surface area contributed by atoms with Crippen LogP contribution in [0.2, 0.25) is 0 Å². The van der Waals surface area contributed by atoms with Crippen molar-refractivity contribution in [3.63, 3.8) is 0 Å². The lowest BCUT2D eigenvalue weighted by Gasteiger charge is -2.22. The van der Waals surface area contributed by atoms with Gasteiger partial charge in [-0.3, -0.25) is 0 Å². The standard InChI is InChI=1S/C11H17N3O4/c1-11(2,3)18-10(16)14-8(9(15)17-4)7-5-12-6-13-7/h5-6,8H,1-4H3,(H,12,13)(H,14,16)/t8-/m1/s1. The molecule has 0 aliphatic carbocycles. The van der Waals surface area contributed by atoms with E-state index in [0.29, 0.717) is 5.69 Å². The molecule has 1 amide bonds. The average molecular weight is 255 g/mol. The van der Waals surface area contributed by atoms with Crippen LogP contribution in [0.3, 0.4) is 0 Å². The van der Waals surface area contributed by atoms with Gasteiger partial charge in [-0.1, -0.05) is 0 Å². The van der Waals surface area contributed by atoms with Crippen molar-refractivity contribution in [1.82, 2.24) is 15.3 Å². The number of hydrogen-bond acceptors (Lipinski definition) is 5. The Morgan fingerprint density at radius 1 is 1.44 bits per heavy atom. The van der Waals surface area contributed by atoms with E-state index in [-0.39, 0.29) is 0 Å². The summed E-state index contributed by atoms with van der Waals surface area (Å²) >= 11 is 0. The minimum absolute atomic E-state index is 0.424. The van der Waals surface area contributed by atoms with Gasteiger partial charge in [-0.15, -0.1) is 0 Å². The van der Waals surface area contributed by atoms with Crippen molar-refractivity contribution in [2.45, 2.75) is 32.4 Å². The van der Waals surface area contributed by atoms with E-state index in [0.717, 1.165) is 0 Å². The number of aromatic nitrogens is 2. The maximum absolute atomic E-state index is 11.6. The first kappa shape index (κ1) is 14.0. The molecule has 0 spiro atoms. The summed E-state index contributed by atoms with van der Waals surface area (Å²) in [5.41, 5.74) is -0.216. The first-order valence-electron chi connectivity index (χ1n) is 5.39. The highest BCUT2D eigenvalue weighted by Gasteiger charge is 2.27. The second-order valence-corrected chi connectivity index (χ2v) is 4.61. The molecule has 0 bridgehead atoms. The fraction of sp³-hybridized carbons (Fsp3) is 0.545. The highest BCUT2D eigenvalue weighted by Crippen LogP contribution is 2.13. The van der Waals surface area contributed by atoms with Gasteiger partial charge in [-0.2, -0.15) is 0 Å². The third kappa shape index (κ3) is 4.08. The number of H-pyrrole nitrogens is 1. The van der Waals surface area contributed by atoms with Crippen LogP contribution in [0.4, 0.5) is 4.79 Å².